The molecule has 0 aliphatic heterocycles. The van der Waals surface area contributed by atoms with Gasteiger partial charge in [0.25, 0.3) is 0 Å². The number of nitrogens with one attached hydrogen (secondary N) is 2. The van der Waals surface area contributed by atoms with Crippen molar-refractivity contribution in [2.75, 3.05) is 25.9 Å². The summed E-state index contributed by atoms with van der Waals surface area (Å²) in [5.41, 5.74) is 0.839. The minimum atomic E-state index is -3.07. The van der Waals surface area contributed by atoms with Gasteiger partial charge in [-0.05, 0) is 24.3 Å². The molecule has 0 unspecified atom stereocenters. The maximum absolute atomic E-state index is 12.1. The van der Waals surface area contributed by atoms with E-state index in [0.717, 1.165) is 24.5 Å². The van der Waals surface area contributed by atoms with E-state index < -0.39 is 9.84 Å². The Kier molecular flexibility index (Phi) is 12.1. The minimum Gasteiger partial charge on any atom is -0.356 e. The predicted molar refractivity (Wildman–Crippen MR) is 113 cm³/mol. The fourth-order valence-electron chi connectivity index (χ4n) is 2.10. The van der Waals surface area contributed by atoms with Gasteiger partial charge in [0.05, 0.1) is 11.5 Å². The third-order valence-corrected chi connectivity index (χ3v) is 5.08. The second kappa shape index (κ2) is 12.5. The number of hydrogen-bond donors (Lipinski definition) is 2. The molecule has 0 aromatic heterocycles. The molecule has 0 bridgehead atoms. The number of aliphatic imine (C=N–C) groups is 1. The largest absolute Gasteiger partial charge is 0.356 e. The zero-order valence-corrected chi connectivity index (χ0v) is 17.9. The van der Waals surface area contributed by atoms with Crippen molar-refractivity contribution in [3.8, 4) is 0 Å². The Morgan fingerprint density at radius 1 is 1.12 bits per heavy atom. The summed E-state index contributed by atoms with van der Waals surface area (Å²) >= 11 is 0. The molecule has 0 saturated heterocycles. The summed E-state index contributed by atoms with van der Waals surface area (Å²) in [5, 5.41) is 6.38. The quantitative estimate of drug-likeness (QED) is 0.254. The van der Waals surface area contributed by atoms with Crippen LogP contribution in [-0.4, -0.2) is 40.3 Å². The second-order valence-corrected chi connectivity index (χ2v) is 8.22. The van der Waals surface area contributed by atoms with E-state index in [9.17, 15) is 8.42 Å². The molecule has 0 fully saturated rings. The maximum atomic E-state index is 12.1. The van der Waals surface area contributed by atoms with Crippen LogP contribution in [0.25, 0.3) is 0 Å². The molecule has 0 atom stereocenters. The number of benzene rings is 1. The molecule has 0 spiro atoms. The van der Waals surface area contributed by atoms with Crippen LogP contribution >= 0.6 is 24.0 Å². The van der Waals surface area contributed by atoms with Gasteiger partial charge in [-0.25, -0.2) is 8.42 Å². The van der Waals surface area contributed by atoms with Crippen molar-refractivity contribution in [1.29, 1.82) is 0 Å². The Balaban J connectivity index is 0.00000529. The molecule has 2 N–H and O–H groups in total. The molecule has 24 heavy (non-hydrogen) atoms. The maximum Gasteiger partial charge on any atom is 0.190 e. The first kappa shape index (κ1) is 23.2. The van der Waals surface area contributed by atoms with Crippen LogP contribution in [0.3, 0.4) is 0 Å². The summed E-state index contributed by atoms with van der Waals surface area (Å²) < 4.78 is 24.2. The summed E-state index contributed by atoms with van der Waals surface area (Å²) in [6, 6.07) is 9.29. The van der Waals surface area contributed by atoms with Gasteiger partial charge >= 0.3 is 0 Å². The lowest BCUT2D eigenvalue weighted by molar-refractivity contribution is 0.572. The average molecular weight is 467 g/mol. The highest BCUT2D eigenvalue weighted by molar-refractivity contribution is 14.0. The third-order valence-electron chi connectivity index (χ3n) is 3.39. The van der Waals surface area contributed by atoms with E-state index in [1.807, 2.05) is 30.3 Å². The summed E-state index contributed by atoms with van der Waals surface area (Å²) in [6.07, 6.45) is 1.65. The highest BCUT2D eigenvalue weighted by atomic mass is 127. The molecular weight excluding hydrogens is 437 g/mol. The van der Waals surface area contributed by atoms with Crippen LogP contribution in [-0.2, 0) is 15.6 Å². The van der Waals surface area contributed by atoms with Gasteiger partial charge in [0.1, 0.15) is 0 Å². The topological polar surface area (TPSA) is 70.6 Å². The van der Waals surface area contributed by atoms with Crippen LogP contribution in [0, 0.1) is 5.92 Å². The van der Waals surface area contributed by atoms with E-state index >= 15 is 0 Å². The minimum absolute atomic E-state index is 0. The number of halogens is 1. The Bertz CT molecular complexity index is 575. The van der Waals surface area contributed by atoms with E-state index in [1.165, 1.54) is 0 Å². The first-order valence-corrected chi connectivity index (χ1v) is 9.94. The molecule has 0 aliphatic carbocycles. The Morgan fingerprint density at radius 3 is 2.33 bits per heavy atom. The van der Waals surface area contributed by atoms with E-state index in [4.69, 9.17) is 0 Å². The Hall–Kier alpha value is -0.830. The van der Waals surface area contributed by atoms with Gasteiger partial charge in [-0.3, -0.25) is 4.99 Å². The number of guanidine groups is 1. The van der Waals surface area contributed by atoms with Crippen molar-refractivity contribution in [3.63, 3.8) is 0 Å². The molecule has 0 radical (unpaired) electrons. The molecule has 138 valence electrons. The molecule has 1 aromatic rings. The monoisotopic (exact) mass is 467 g/mol. The van der Waals surface area contributed by atoms with Crippen LogP contribution in [0.4, 0.5) is 0 Å². The first-order chi connectivity index (χ1) is 10.9. The van der Waals surface area contributed by atoms with Gasteiger partial charge in [0, 0.05) is 20.1 Å². The predicted octanol–water partition coefficient (Wildman–Crippen LogP) is 2.82. The van der Waals surface area contributed by atoms with Crippen molar-refractivity contribution in [2.24, 2.45) is 10.9 Å². The highest BCUT2D eigenvalue weighted by Gasteiger charge is 2.11. The second-order valence-electron chi connectivity index (χ2n) is 6.04. The van der Waals surface area contributed by atoms with Gasteiger partial charge in [0.2, 0.25) is 0 Å². The summed E-state index contributed by atoms with van der Waals surface area (Å²) in [6.45, 7) is 5.81. The molecule has 0 amide bonds. The zero-order chi connectivity index (χ0) is 17.1. The van der Waals surface area contributed by atoms with E-state index in [1.54, 1.807) is 7.05 Å². The van der Waals surface area contributed by atoms with Crippen molar-refractivity contribution in [3.05, 3.63) is 35.9 Å². The fourth-order valence-corrected chi connectivity index (χ4v) is 3.53. The number of rotatable bonds is 9. The highest BCUT2D eigenvalue weighted by Crippen LogP contribution is 2.06. The number of hydrogen-bond acceptors (Lipinski definition) is 3. The SMILES string of the molecule is CN=C(NCCCS(=O)(=O)Cc1ccccc1)NCCC(C)C.I. The normalized spacial score (nSPS) is 11.9. The number of sulfone groups is 1. The van der Waals surface area contributed by atoms with Crippen LogP contribution in [0.5, 0.6) is 0 Å². The average Bonchev–Trinajstić information content (AvgIpc) is 2.50. The first-order valence-electron chi connectivity index (χ1n) is 8.12. The lowest BCUT2D eigenvalue weighted by Crippen LogP contribution is -2.38. The van der Waals surface area contributed by atoms with Crippen molar-refractivity contribution < 1.29 is 8.42 Å². The summed E-state index contributed by atoms with van der Waals surface area (Å²) in [5.74, 6) is 1.66. The van der Waals surface area contributed by atoms with Gasteiger partial charge in [-0.15, -0.1) is 24.0 Å². The molecule has 5 nitrogen and oxygen atoms in total. The summed E-state index contributed by atoms with van der Waals surface area (Å²) in [4.78, 5) is 4.13. The van der Waals surface area contributed by atoms with Gasteiger partial charge in [-0.1, -0.05) is 44.2 Å². The van der Waals surface area contributed by atoms with Crippen LogP contribution in [0.1, 0.15) is 32.3 Å². The van der Waals surface area contributed by atoms with Gasteiger partial charge in [0.15, 0.2) is 15.8 Å². The van der Waals surface area contributed by atoms with E-state index in [-0.39, 0.29) is 35.5 Å². The van der Waals surface area contributed by atoms with Crippen molar-refractivity contribution >= 4 is 39.8 Å². The van der Waals surface area contributed by atoms with Crippen LogP contribution in [0.2, 0.25) is 0 Å². The third kappa shape index (κ3) is 10.9. The summed E-state index contributed by atoms with van der Waals surface area (Å²) in [7, 11) is -1.35. The molecule has 1 rings (SSSR count). The van der Waals surface area contributed by atoms with Crippen LogP contribution in [0.15, 0.2) is 35.3 Å². The molecule has 0 heterocycles. The van der Waals surface area contributed by atoms with Gasteiger partial charge in [-0.2, -0.15) is 0 Å². The molecular formula is C17H30IN3O2S. The van der Waals surface area contributed by atoms with E-state index in [0.29, 0.717) is 18.9 Å². The number of nitrogens with zero attached hydrogens (tertiary/aromatic N) is 1. The van der Waals surface area contributed by atoms with E-state index in [2.05, 4.69) is 29.5 Å². The molecule has 7 heteroatoms. The fraction of sp³-hybridized carbons (Fsp3) is 0.588. The smallest absolute Gasteiger partial charge is 0.190 e. The van der Waals surface area contributed by atoms with Crippen molar-refractivity contribution in [1.82, 2.24) is 10.6 Å². The van der Waals surface area contributed by atoms with Crippen LogP contribution < -0.4 is 10.6 Å². The molecule has 0 aliphatic rings. The molecule has 1 aromatic carbocycles. The standard InChI is InChI=1S/C17H29N3O2S.HI/c1-15(2)10-12-20-17(18-3)19-11-7-13-23(21,22)14-16-8-5-4-6-9-16;/h4-6,8-9,15H,7,10-14H2,1-3H3,(H2,18,19,20);1H. The Labute approximate surface area is 163 Å². The van der Waals surface area contributed by atoms with Gasteiger partial charge < -0.3 is 10.6 Å². The zero-order valence-electron chi connectivity index (χ0n) is 14.8. The van der Waals surface area contributed by atoms with Crippen molar-refractivity contribution in [2.45, 2.75) is 32.4 Å². The molecule has 0 saturated carbocycles. The lowest BCUT2D eigenvalue weighted by atomic mass is 10.1. The lowest BCUT2D eigenvalue weighted by Gasteiger charge is -2.12. The Morgan fingerprint density at radius 2 is 1.75 bits per heavy atom.